The molecule has 126 valence electrons. The highest BCUT2D eigenvalue weighted by molar-refractivity contribution is 5.83. The molecule has 0 radical (unpaired) electrons. The summed E-state index contributed by atoms with van der Waals surface area (Å²) >= 11 is 0. The minimum Gasteiger partial charge on any atom is -0.450 e. The Morgan fingerprint density at radius 3 is 2.29 bits per heavy atom. The van der Waals surface area contributed by atoms with Crippen molar-refractivity contribution >= 4 is 23.3 Å². The van der Waals surface area contributed by atoms with Gasteiger partial charge in [-0.1, -0.05) is 18.2 Å². The lowest BCUT2D eigenvalue weighted by Crippen LogP contribution is -2.46. The Bertz CT molecular complexity index is 652. The summed E-state index contributed by atoms with van der Waals surface area (Å²) in [4.78, 5) is 20.4. The summed E-state index contributed by atoms with van der Waals surface area (Å²) in [5.74, 6) is 0.500. The topological polar surface area (TPSA) is 57.7 Å². The normalized spacial score (nSPS) is 14.4. The van der Waals surface area contributed by atoms with Gasteiger partial charge >= 0.3 is 6.09 Å². The van der Waals surface area contributed by atoms with Gasteiger partial charge in [0.1, 0.15) is 5.82 Å². The third-order valence-corrected chi connectivity index (χ3v) is 4.02. The summed E-state index contributed by atoms with van der Waals surface area (Å²) in [6, 6.07) is 14.3. The summed E-state index contributed by atoms with van der Waals surface area (Å²) in [7, 11) is 0. The number of hydrogen-bond acceptors (Lipinski definition) is 5. The molecule has 2 heterocycles. The SMILES string of the molecule is CCOC(=O)Nc1ccc(N2CCN(c3ccccc3)CC2)cn1. The molecule has 24 heavy (non-hydrogen) atoms. The average Bonchev–Trinajstić information content (AvgIpc) is 2.63. The zero-order valence-corrected chi connectivity index (χ0v) is 13.8. The van der Waals surface area contributed by atoms with Gasteiger partial charge in [0.15, 0.2) is 0 Å². The van der Waals surface area contributed by atoms with Crippen LogP contribution in [0.15, 0.2) is 48.7 Å². The van der Waals surface area contributed by atoms with Crippen LogP contribution in [-0.2, 0) is 4.74 Å². The van der Waals surface area contributed by atoms with Gasteiger partial charge in [0.25, 0.3) is 0 Å². The lowest BCUT2D eigenvalue weighted by Gasteiger charge is -2.37. The van der Waals surface area contributed by atoms with E-state index in [4.69, 9.17) is 4.74 Å². The summed E-state index contributed by atoms with van der Waals surface area (Å²) in [5.41, 5.74) is 2.33. The zero-order valence-electron chi connectivity index (χ0n) is 13.8. The molecule has 3 rings (SSSR count). The van der Waals surface area contributed by atoms with Gasteiger partial charge in [-0.2, -0.15) is 0 Å². The van der Waals surface area contributed by atoms with Crippen LogP contribution in [0.2, 0.25) is 0 Å². The monoisotopic (exact) mass is 326 g/mol. The van der Waals surface area contributed by atoms with Crippen LogP contribution in [0.5, 0.6) is 0 Å². The molecule has 1 fully saturated rings. The molecule has 1 N–H and O–H groups in total. The first-order chi connectivity index (χ1) is 11.8. The second-order valence-electron chi connectivity index (χ2n) is 5.56. The number of ether oxygens (including phenoxy) is 1. The average molecular weight is 326 g/mol. The number of rotatable bonds is 4. The van der Waals surface area contributed by atoms with Gasteiger partial charge in [-0.3, -0.25) is 5.32 Å². The first-order valence-corrected chi connectivity index (χ1v) is 8.21. The minimum atomic E-state index is -0.478. The van der Waals surface area contributed by atoms with E-state index in [1.54, 1.807) is 19.2 Å². The van der Waals surface area contributed by atoms with E-state index in [9.17, 15) is 4.79 Å². The molecule has 1 aliphatic rings. The summed E-state index contributed by atoms with van der Waals surface area (Å²) in [5, 5.41) is 2.60. The van der Waals surface area contributed by atoms with Crippen LogP contribution in [0.4, 0.5) is 22.0 Å². The molecule has 1 amide bonds. The smallest absolute Gasteiger partial charge is 0.412 e. The van der Waals surface area contributed by atoms with Crippen molar-refractivity contribution in [1.82, 2.24) is 4.98 Å². The lowest BCUT2D eigenvalue weighted by molar-refractivity contribution is 0.168. The molecule has 0 saturated carbocycles. The van der Waals surface area contributed by atoms with E-state index in [1.807, 2.05) is 12.1 Å². The molecule has 6 heteroatoms. The number of nitrogens with zero attached hydrogens (tertiary/aromatic N) is 3. The molecule has 0 unspecified atom stereocenters. The molecule has 0 atom stereocenters. The highest BCUT2D eigenvalue weighted by atomic mass is 16.5. The van der Waals surface area contributed by atoms with Gasteiger partial charge in [0.2, 0.25) is 0 Å². The number of pyridine rings is 1. The molecule has 0 aliphatic carbocycles. The largest absolute Gasteiger partial charge is 0.450 e. The van der Waals surface area contributed by atoms with Gasteiger partial charge in [-0.15, -0.1) is 0 Å². The van der Waals surface area contributed by atoms with Crippen LogP contribution < -0.4 is 15.1 Å². The van der Waals surface area contributed by atoms with Crippen molar-refractivity contribution in [1.29, 1.82) is 0 Å². The maximum atomic E-state index is 11.4. The maximum Gasteiger partial charge on any atom is 0.412 e. The second kappa shape index (κ2) is 7.68. The Kier molecular flexibility index (Phi) is 5.15. The van der Waals surface area contributed by atoms with Crippen LogP contribution in [0.3, 0.4) is 0 Å². The molecule has 1 aliphatic heterocycles. The number of carbonyl (C=O) groups excluding carboxylic acids is 1. The number of aromatic nitrogens is 1. The summed E-state index contributed by atoms with van der Waals surface area (Å²) < 4.78 is 4.84. The maximum absolute atomic E-state index is 11.4. The van der Waals surface area contributed by atoms with Crippen molar-refractivity contribution in [2.75, 3.05) is 47.9 Å². The first-order valence-electron chi connectivity index (χ1n) is 8.21. The number of hydrogen-bond donors (Lipinski definition) is 1. The first kappa shape index (κ1) is 16.1. The molecule has 0 bridgehead atoms. The predicted octanol–water partition coefficient (Wildman–Crippen LogP) is 2.98. The Morgan fingerprint density at radius 2 is 1.71 bits per heavy atom. The van der Waals surface area contributed by atoms with E-state index < -0.39 is 6.09 Å². The quantitative estimate of drug-likeness (QED) is 0.936. The van der Waals surface area contributed by atoms with Gasteiger partial charge in [-0.05, 0) is 31.2 Å². The fraction of sp³-hybridized carbons (Fsp3) is 0.333. The Balaban J connectivity index is 1.55. The number of benzene rings is 1. The summed E-state index contributed by atoms with van der Waals surface area (Å²) in [6.07, 6.45) is 1.31. The van der Waals surface area contributed by atoms with Gasteiger partial charge in [0, 0.05) is 31.9 Å². The standard InChI is InChI=1S/C18H22N4O2/c1-2-24-18(23)20-17-9-8-16(14-19-17)22-12-10-21(11-13-22)15-6-4-3-5-7-15/h3-9,14H,2,10-13H2,1H3,(H,19,20,23). The number of anilines is 3. The van der Waals surface area contributed by atoms with E-state index in [2.05, 4.69) is 44.4 Å². The number of para-hydroxylation sites is 1. The van der Waals surface area contributed by atoms with Gasteiger partial charge in [0.05, 0.1) is 18.5 Å². The molecule has 6 nitrogen and oxygen atoms in total. The number of amides is 1. The molecular weight excluding hydrogens is 304 g/mol. The third kappa shape index (κ3) is 3.95. The van der Waals surface area contributed by atoms with Gasteiger partial charge in [-0.25, -0.2) is 9.78 Å². The Labute approximate surface area is 142 Å². The van der Waals surface area contributed by atoms with Gasteiger partial charge < -0.3 is 14.5 Å². The molecule has 1 aromatic heterocycles. The predicted molar refractivity (Wildman–Crippen MR) is 95.7 cm³/mol. The van der Waals surface area contributed by atoms with Crippen LogP contribution in [0, 0.1) is 0 Å². The van der Waals surface area contributed by atoms with E-state index >= 15 is 0 Å². The minimum absolute atomic E-state index is 0.343. The fourth-order valence-corrected chi connectivity index (χ4v) is 2.78. The van der Waals surface area contributed by atoms with Crippen molar-refractivity contribution in [3.05, 3.63) is 48.7 Å². The number of nitrogens with one attached hydrogen (secondary N) is 1. The molecule has 0 spiro atoms. The van der Waals surface area contributed by atoms with Crippen LogP contribution in [-0.4, -0.2) is 43.9 Å². The molecular formula is C18H22N4O2. The fourth-order valence-electron chi connectivity index (χ4n) is 2.78. The molecule has 2 aromatic rings. The van der Waals surface area contributed by atoms with Crippen molar-refractivity contribution in [3.63, 3.8) is 0 Å². The Morgan fingerprint density at radius 1 is 1.04 bits per heavy atom. The van der Waals surface area contributed by atoms with E-state index in [0.717, 1.165) is 31.9 Å². The lowest BCUT2D eigenvalue weighted by atomic mass is 10.2. The van der Waals surface area contributed by atoms with Crippen molar-refractivity contribution in [3.8, 4) is 0 Å². The number of piperazine rings is 1. The number of carbonyl (C=O) groups is 1. The third-order valence-electron chi connectivity index (χ3n) is 4.02. The van der Waals surface area contributed by atoms with Crippen LogP contribution in [0.1, 0.15) is 6.92 Å². The Hall–Kier alpha value is -2.76. The van der Waals surface area contributed by atoms with Crippen molar-refractivity contribution in [2.45, 2.75) is 6.92 Å². The van der Waals surface area contributed by atoms with E-state index in [1.165, 1.54) is 5.69 Å². The highest BCUT2D eigenvalue weighted by Gasteiger charge is 2.17. The second-order valence-corrected chi connectivity index (χ2v) is 5.56. The van der Waals surface area contributed by atoms with E-state index in [-0.39, 0.29) is 0 Å². The summed E-state index contributed by atoms with van der Waals surface area (Å²) in [6.45, 7) is 5.96. The van der Waals surface area contributed by atoms with Crippen molar-refractivity contribution in [2.24, 2.45) is 0 Å². The zero-order chi connectivity index (χ0) is 16.8. The van der Waals surface area contributed by atoms with Crippen LogP contribution in [0.25, 0.3) is 0 Å². The van der Waals surface area contributed by atoms with E-state index in [0.29, 0.717) is 12.4 Å². The molecule has 1 saturated heterocycles. The molecule has 1 aromatic carbocycles. The van der Waals surface area contributed by atoms with Crippen molar-refractivity contribution < 1.29 is 9.53 Å². The van der Waals surface area contributed by atoms with Crippen LogP contribution >= 0.6 is 0 Å². The highest BCUT2D eigenvalue weighted by Crippen LogP contribution is 2.20.